The lowest BCUT2D eigenvalue weighted by Crippen LogP contribution is -2.13. The third-order valence-corrected chi connectivity index (χ3v) is 8.19. The Hall–Kier alpha value is 0.230. The SMILES string of the molecule is CCCCCCP(=O)(C(C)C)[C@@H](C)CC. The molecule has 2 atom stereocenters. The lowest BCUT2D eigenvalue weighted by atomic mass is 10.2. The summed E-state index contributed by atoms with van der Waals surface area (Å²) in [5.74, 6) is 0. The van der Waals surface area contributed by atoms with Crippen LogP contribution in [0.1, 0.15) is 66.7 Å². The van der Waals surface area contributed by atoms with Gasteiger partial charge >= 0.3 is 0 Å². The van der Waals surface area contributed by atoms with Gasteiger partial charge in [-0.15, -0.1) is 0 Å². The maximum Gasteiger partial charge on any atom is 0.0927 e. The van der Waals surface area contributed by atoms with Gasteiger partial charge in [-0.25, -0.2) is 0 Å². The van der Waals surface area contributed by atoms with Crippen molar-refractivity contribution in [3.05, 3.63) is 0 Å². The van der Waals surface area contributed by atoms with E-state index in [0.717, 1.165) is 19.0 Å². The second-order valence-corrected chi connectivity index (χ2v) is 9.06. The third-order valence-electron chi connectivity index (χ3n) is 3.57. The quantitative estimate of drug-likeness (QED) is 0.418. The Morgan fingerprint density at radius 1 is 1.00 bits per heavy atom. The molecule has 0 aromatic carbocycles. The summed E-state index contributed by atoms with van der Waals surface area (Å²) in [7, 11) is -1.92. The molecule has 92 valence electrons. The molecule has 0 aromatic heterocycles. The third kappa shape index (κ3) is 4.72. The van der Waals surface area contributed by atoms with Crippen molar-refractivity contribution in [3.63, 3.8) is 0 Å². The molecule has 0 amide bonds. The van der Waals surface area contributed by atoms with Gasteiger partial charge in [-0.1, -0.05) is 53.9 Å². The summed E-state index contributed by atoms with van der Waals surface area (Å²) in [5.41, 5.74) is 0.785. The topological polar surface area (TPSA) is 17.1 Å². The van der Waals surface area contributed by atoms with Crippen LogP contribution in [0.15, 0.2) is 0 Å². The average molecular weight is 232 g/mol. The van der Waals surface area contributed by atoms with Crippen molar-refractivity contribution in [1.29, 1.82) is 0 Å². The Morgan fingerprint density at radius 3 is 2.00 bits per heavy atom. The Balaban J connectivity index is 4.21. The molecule has 0 aliphatic carbocycles. The van der Waals surface area contributed by atoms with Crippen molar-refractivity contribution in [2.45, 2.75) is 78.0 Å². The molecule has 0 heterocycles. The zero-order valence-corrected chi connectivity index (χ0v) is 12.1. The summed E-state index contributed by atoms with van der Waals surface area (Å²) in [6, 6.07) is 0. The molecule has 0 saturated heterocycles. The minimum atomic E-state index is -1.92. The molecular formula is C13H29OP. The van der Waals surface area contributed by atoms with Gasteiger partial charge in [-0.2, -0.15) is 0 Å². The normalized spacial score (nSPS) is 17.7. The zero-order valence-electron chi connectivity index (χ0n) is 11.3. The summed E-state index contributed by atoms with van der Waals surface area (Å²) >= 11 is 0. The molecule has 1 nitrogen and oxygen atoms in total. The van der Waals surface area contributed by atoms with E-state index in [1.807, 2.05) is 0 Å². The first-order chi connectivity index (χ1) is 6.99. The van der Waals surface area contributed by atoms with Gasteiger partial charge in [0.2, 0.25) is 0 Å². The van der Waals surface area contributed by atoms with Crippen molar-refractivity contribution in [2.75, 3.05) is 6.16 Å². The number of unbranched alkanes of at least 4 members (excludes halogenated alkanes) is 3. The summed E-state index contributed by atoms with van der Waals surface area (Å²) in [6.07, 6.45) is 6.99. The number of hydrogen-bond donors (Lipinski definition) is 0. The van der Waals surface area contributed by atoms with Crippen LogP contribution in [0.4, 0.5) is 0 Å². The van der Waals surface area contributed by atoms with E-state index >= 15 is 0 Å². The molecule has 0 rings (SSSR count). The van der Waals surface area contributed by atoms with Crippen LogP contribution < -0.4 is 0 Å². The van der Waals surface area contributed by atoms with E-state index in [9.17, 15) is 4.57 Å². The monoisotopic (exact) mass is 232 g/mol. The molecule has 0 bridgehead atoms. The van der Waals surface area contributed by atoms with Gasteiger partial charge in [0.25, 0.3) is 0 Å². The van der Waals surface area contributed by atoms with Crippen LogP contribution in [-0.4, -0.2) is 17.5 Å². The maximum atomic E-state index is 12.8. The molecule has 0 saturated carbocycles. The van der Waals surface area contributed by atoms with Crippen molar-refractivity contribution >= 4 is 7.14 Å². The fourth-order valence-corrected chi connectivity index (χ4v) is 5.39. The van der Waals surface area contributed by atoms with Gasteiger partial charge in [0.1, 0.15) is 0 Å². The molecule has 15 heavy (non-hydrogen) atoms. The number of hydrogen-bond acceptors (Lipinski definition) is 1. The zero-order chi connectivity index (χ0) is 11.9. The first kappa shape index (κ1) is 15.2. The largest absolute Gasteiger partial charge is 0.323 e. The summed E-state index contributed by atoms with van der Waals surface area (Å²) in [4.78, 5) is 0. The predicted molar refractivity (Wildman–Crippen MR) is 71.5 cm³/mol. The predicted octanol–water partition coefficient (Wildman–Crippen LogP) is 5.14. The van der Waals surface area contributed by atoms with Crippen LogP contribution in [-0.2, 0) is 4.57 Å². The lowest BCUT2D eigenvalue weighted by molar-refractivity contribution is 0.552. The van der Waals surface area contributed by atoms with Gasteiger partial charge in [-0.05, 0) is 12.8 Å². The Kier molecular flexibility index (Phi) is 7.61. The van der Waals surface area contributed by atoms with Crippen LogP contribution in [0.25, 0.3) is 0 Å². The van der Waals surface area contributed by atoms with Crippen LogP contribution in [0.3, 0.4) is 0 Å². The summed E-state index contributed by atoms with van der Waals surface area (Å²) < 4.78 is 12.8. The summed E-state index contributed by atoms with van der Waals surface area (Å²) in [5, 5.41) is 0. The molecule has 0 fully saturated rings. The van der Waals surface area contributed by atoms with E-state index in [-0.39, 0.29) is 0 Å². The van der Waals surface area contributed by atoms with E-state index < -0.39 is 7.14 Å². The van der Waals surface area contributed by atoms with E-state index in [0.29, 0.717) is 11.3 Å². The highest BCUT2D eigenvalue weighted by Gasteiger charge is 2.30. The fraction of sp³-hybridized carbons (Fsp3) is 1.00. The minimum Gasteiger partial charge on any atom is -0.323 e. The highest BCUT2D eigenvalue weighted by Crippen LogP contribution is 2.56. The molecule has 0 spiro atoms. The molecule has 0 aromatic rings. The smallest absolute Gasteiger partial charge is 0.0927 e. The van der Waals surface area contributed by atoms with Gasteiger partial charge in [0, 0.05) is 17.5 Å². The standard InChI is InChI=1S/C13H29OP/c1-6-8-9-10-11-15(14,12(3)4)13(5)7-2/h12-13H,6-11H2,1-5H3/t13-,15?/m0/s1. The Labute approximate surface area is 96.4 Å². The number of rotatable bonds is 8. The van der Waals surface area contributed by atoms with Crippen LogP contribution in [0, 0.1) is 0 Å². The highest BCUT2D eigenvalue weighted by atomic mass is 31.2. The van der Waals surface area contributed by atoms with Gasteiger partial charge in [-0.3, -0.25) is 0 Å². The van der Waals surface area contributed by atoms with Gasteiger partial charge in [0.15, 0.2) is 0 Å². The van der Waals surface area contributed by atoms with Crippen LogP contribution >= 0.6 is 7.14 Å². The molecule has 0 aliphatic rings. The van der Waals surface area contributed by atoms with E-state index in [4.69, 9.17) is 0 Å². The second-order valence-electron chi connectivity index (χ2n) is 4.99. The highest BCUT2D eigenvalue weighted by molar-refractivity contribution is 7.65. The van der Waals surface area contributed by atoms with Gasteiger partial charge < -0.3 is 4.57 Å². The van der Waals surface area contributed by atoms with Crippen LogP contribution in [0.2, 0.25) is 0 Å². The minimum absolute atomic E-state index is 0.370. The first-order valence-electron chi connectivity index (χ1n) is 6.57. The second kappa shape index (κ2) is 7.49. The van der Waals surface area contributed by atoms with Crippen LogP contribution in [0.5, 0.6) is 0 Å². The maximum absolute atomic E-state index is 12.8. The van der Waals surface area contributed by atoms with Crippen molar-refractivity contribution in [2.24, 2.45) is 0 Å². The van der Waals surface area contributed by atoms with Gasteiger partial charge in [0.05, 0.1) is 7.14 Å². The van der Waals surface area contributed by atoms with Crippen molar-refractivity contribution in [1.82, 2.24) is 0 Å². The van der Waals surface area contributed by atoms with Crippen molar-refractivity contribution in [3.8, 4) is 0 Å². The molecular weight excluding hydrogens is 203 g/mol. The fourth-order valence-electron chi connectivity index (χ4n) is 2.08. The van der Waals surface area contributed by atoms with E-state index in [1.54, 1.807) is 0 Å². The Morgan fingerprint density at radius 2 is 1.60 bits per heavy atom. The lowest BCUT2D eigenvalue weighted by Gasteiger charge is -2.27. The van der Waals surface area contributed by atoms with E-state index in [2.05, 4.69) is 34.6 Å². The molecule has 1 unspecified atom stereocenters. The molecule has 0 aliphatic heterocycles. The summed E-state index contributed by atoms with van der Waals surface area (Å²) in [6.45, 7) is 10.8. The molecule has 2 heteroatoms. The van der Waals surface area contributed by atoms with Crippen molar-refractivity contribution < 1.29 is 4.57 Å². The Bertz CT molecular complexity index is 199. The molecule has 0 N–H and O–H groups in total. The molecule has 0 radical (unpaired) electrons. The first-order valence-corrected chi connectivity index (χ1v) is 8.60. The average Bonchev–Trinajstić information content (AvgIpc) is 2.22. The van der Waals surface area contributed by atoms with E-state index in [1.165, 1.54) is 19.3 Å².